The molecule has 2 amide bonds. The minimum absolute atomic E-state index is 0.0170. The van der Waals surface area contributed by atoms with E-state index >= 15 is 0 Å². The van der Waals surface area contributed by atoms with Gasteiger partial charge in [0.2, 0.25) is 0 Å². The van der Waals surface area contributed by atoms with E-state index in [1.807, 2.05) is 24.3 Å². The van der Waals surface area contributed by atoms with Crippen LogP contribution >= 0.6 is 11.5 Å². The van der Waals surface area contributed by atoms with Gasteiger partial charge in [-0.05, 0) is 42.6 Å². The fraction of sp³-hybridized carbons (Fsp3) is 0.800. The molecule has 1 N–H and O–H groups in total. The Hall–Kier alpha value is -1.17. The van der Waals surface area contributed by atoms with Gasteiger partial charge >= 0.3 is 6.03 Å². The standard InChI is InChI=1S/C15H26N4OS/c1-10(12-9-21-18-17-12)16-14(20)19(5)13-8-6-7-11(13)15(2,3)4/h9-11,13H,6-8H2,1-5H3,(H,16,20). The van der Waals surface area contributed by atoms with Gasteiger partial charge in [-0.15, -0.1) is 5.10 Å². The summed E-state index contributed by atoms with van der Waals surface area (Å²) in [6.07, 6.45) is 3.51. The molecule has 0 spiro atoms. The largest absolute Gasteiger partial charge is 0.330 e. The van der Waals surface area contributed by atoms with Crippen molar-refractivity contribution in [3.63, 3.8) is 0 Å². The lowest BCUT2D eigenvalue weighted by molar-refractivity contribution is 0.126. The van der Waals surface area contributed by atoms with E-state index in [1.54, 1.807) is 0 Å². The zero-order valence-electron chi connectivity index (χ0n) is 13.6. The second-order valence-corrected chi connectivity index (χ2v) is 7.69. The van der Waals surface area contributed by atoms with Gasteiger partial charge < -0.3 is 10.2 Å². The first kappa shape index (κ1) is 16.2. The first-order chi connectivity index (χ1) is 9.80. The maximum atomic E-state index is 12.5. The van der Waals surface area contributed by atoms with Crippen LogP contribution in [0.5, 0.6) is 0 Å². The second kappa shape index (κ2) is 6.30. The molecule has 3 unspecified atom stereocenters. The molecule has 1 saturated carbocycles. The van der Waals surface area contributed by atoms with Crippen molar-refractivity contribution in [3.05, 3.63) is 11.1 Å². The molecule has 0 bridgehead atoms. The number of nitrogens with one attached hydrogen (secondary N) is 1. The third kappa shape index (κ3) is 3.73. The van der Waals surface area contributed by atoms with Crippen molar-refractivity contribution >= 4 is 17.6 Å². The van der Waals surface area contributed by atoms with E-state index in [0.29, 0.717) is 12.0 Å². The smallest absolute Gasteiger partial charge is 0.317 e. The fourth-order valence-electron chi connectivity index (χ4n) is 3.29. The first-order valence-corrected chi connectivity index (χ1v) is 8.44. The predicted molar refractivity (Wildman–Crippen MR) is 85.2 cm³/mol. The van der Waals surface area contributed by atoms with Crippen molar-refractivity contribution < 1.29 is 4.79 Å². The monoisotopic (exact) mass is 310 g/mol. The molecule has 3 atom stereocenters. The number of carbonyl (C=O) groups excluding carboxylic acids is 1. The van der Waals surface area contributed by atoms with E-state index in [-0.39, 0.29) is 17.5 Å². The summed E-state index contributed by atoms with van der Waals surface area (Å²) in [7, 11) is 1.91. The van der Waals surface area contributed by atoms with Gasteiger partial charge in [-0.25, -0.2) is 4.79 Å². The number of nitrogens with zero attached hydrogens (tertiary/aromatic N) is 3. The van der Waals surface area contributed by atoms with Crippen LogP contribution in [0.2, 0.25) is 0 Å². The summed E-state index contributed by atoms with van der Waals surface area (Å²) in [4.78, 5) is 14.4. The van der Waals surface area contributed by atoms with Crippen LogP contribution in [0.25, 0.3) is 0 Å². The molecule has 5 nitrogen and oxygen atoms in total. The molecule has 1 aromatic heterocycles. The third-order valence-electron chi connectivity index (χ3n) is 4.57. The SMILES string of the molecule is CC(NC(=O)N(C)C1CCCC1C(C)(C)C)c1csnn1. The van der Waals surface area contributed by atoms with Crippen LogP contribution < -0.4 is 5.32 Å². The van der Waals surface area contributed by atoms with Crippen LogP contribution in [0, 0.1) is 11.3 Å². The molecule has 0 aliphatic heterocycles. The Labute approximate surface area is 131 Å². The molecular formula is C15H26N4OS. The molecule has 2 rings (SSSR count). The molecule has 21 heavy (non-hydrogen) atoms. The highest BCUT2D eigenvalue weighted by atomic mass is 32.1. The Kier molecular flexibility index (Phi) is 4.86. The molecule has 1 aliphatic carbocycles. The number of aromatic nitrogens is 2. The van der Waals surface area contributed by atoms with Gasteiger partial charge in [0.05, 0.1) is 11.7 Å². The highest BCUT2D eigenvalue weighted by Crippen LogP contribution is 2.41. The van der Waals surface area contributed by atoms with Crippen LogP contribution in [0.3, 0.4) is 0 Å². The zero-order chi connectivity index (χ0) is 15.6. The fourth-order valence-corrected chi connectivity index (χ4v) is 3.83. The minimum atomic E-state index is -0.104. The molecule has 0 radical (unpaired) electrons. The molecule has 0 saturated heterocycles. The highest BCUT2D eigenvalue weighted by molar-refractivity contribution is 7.03. The summed E-state index contributed by atoms with van der Waals surface area (Å²) in [5.41, 5.74) is 1.06. The quantitative estimate of drug-likeness (QED) is 0.930. The maximum absolute atomic E-state index is 12.5. The third-order valence-corrected chi connectivity index (χ3v) is 5.09. The lowest BCUT2D eigenvalue weighted by atomic mass is 9.77. The van der Waals surface area contributed by atoms with Gasteiger partial charge in [0, 0.05) is 18.5 Å². The zero-order valence-corrected chi connectivity index (χ0v) is 14.4. The maximum Gasteiger partial charge on any atom is 0.317 e. The van der Waals surface area contributed by atoms with Crippen molar-refractivity contribution in [2.45, 2.75) is 59.0 Å². The molecule has 1 aliphatic rings. The van der Waals surface area contributed by atoms with E-state index < -0.39 is 0 Å². The van der Waals surface area contributed by atoms with Crippen LogP contribution in [0.15, 0.2) is 5.38 Å². The summed E-state index contributed by atoms with van der Waals surface area (Å²) >= 11 is 1.31. The summed E-state index contributed by atoms with van der Waals surface area (Å²) in [5, 5.41) is 8.91. The lowest BCUT2D eigenvalue weighted by Crippen LogP contribution is -2.48. The number of rotatable bonds is 3. The van der Waals surface area contributed by atoms with Crippen molar-refractivity contribution in [1.82, 2.24) is 19.8 Å². The molecular weight excluding hydrogens is 284 g/mol. The van der Waals surface area contributed by atoms with Gasteiger partial charge in [0.25, 0.3) is 0 Å². The van der Waals surface area contributed by atoms with Gasteiger partial charge in [0.15, 0.2) is 0 Å². The molecule has 0 aromatic carbocycles. The molecule has 118 valence electrons. The lowest BCUT2D eigenvalue weighted by Gasteiger charge is -2.37. The van der Waals surface area contributed by atoms with Crippen molar-refractivity contribution in [2.75, 3.05) is 7.05 Å². The van der Waals surface area contributed by atoms with Gasteiger partial charge in [0.1, 0.15) is 0 Å². The van der Waals surface area contributed by atoms with Gasteiger partial charge in [-0.2, -0.15) is 0 Å². The molecule has 1 heterocycles. The summed E-state index contributed by atoms with van der Waals surface area (Å²) in [6.45, 7) is 8.75. The number of amides is 2. The Morgan fingerprint density at radius 2 is 2.19 bits per heavy atom. The number of hydrogen-bond acceptors (Lipinski definition) is 4. The van der Waals surface area contributed by atoms with Gasteiger partial charge in [-0.1, -0.05) is 31.7 Å². The van der Waals surface area contributed by atoms with Crippen LogP contribution in [0.4, 0.5) is 4.79 Å². The van der Waals surface area contributed by atoms with Crippen molar-refractivity contribution in [1.29, 1.82) is 0 Å². The summed E-state index contributed by atoms with van der Waals surface area (Å²) < 4.78 is 3.84. The molecule has 1 fully saturated rings. The van der Waals surface area contributed by atoms with Crippen LogP contribution in [0.1, 0.15) is 58.7 Å². The summed E-state index contributed by atoms with van der Waals surface area (Å²) in [5.74, 6) is 0.560. The Morgan fingerprint density at radius 1 is 1.48 bits per heavy atom. The topological polar surface area (TPSA) is 58.1 Å². The van der Waals surface area contributed by atoms with E-state index in [0.717, 1.165) is 12.1 Å². The summed E-state index contributed by atoms with van der Waals surface area (Å²) in [6, 6.07) is 0.204. The van der Waals surface area contributed by atoms with Crippen molar-refractivity contribution in [3.8, 4) is 0 Å². The first-order valence-electron chi connectivity index (χ1n) is 7.61. The van der Waals surface area contributed by atoms with Gasteiger partial charge in [-0.3, -0.25) is 0 Å². The molecule has 1 aromatic rings. The average Bonchev–Trinajstić information content (AvgIpc) is 3.07. The van der Waals surface area contributed by atoms with Crippen LogP contribution in [-0.4, -0.2) is 33.6 Å². The van der Waals surface area contributed by atoms with E-state index in [4.69, 9.17) is 0 Å². The Morgan fingerprint density at radius 3 is 2.76 bits per heavy atom. The van der Waals surface area contributed by atoms with E-state index in [2.05, 4.69) is 35.7 Å². The number of carbonyl (C=O) groups is 1. The van der Waals surface area contributed by atoms with E-state index in [9.17, 15) is 4.79 Å². The van der Waals surface area contributed by atoms with Crippen molar-refractivity contribution in [2.24, 2.45) is 11.3 Å². The highest BCUT2D eigenvalue weighted by Gasteiger charge is 2.39. The van der Waals surface area contributed by atoms with Crippen LogP contribution in [-0.2, 0) is 0 Å². The Bertz CT molecular complexity index is 469. The predicted octanol–water partition coefficient (Wildman–Crippen LogP) is 3.46. The minimum Gasteiger partial charge on any atom is -0.330 e. The average molecular weight is 310 g/mol. The number of hydrogen-bond donors (Lipinski definition) is 1. The normalized spacial score (nSPS) is 23.9. The molecule has 6 heteroatoms. The van der Waals surface area contributed by atoms with E-state index in [1.165, 1.54) is 24.4 Å². The Balaban J connectivity index is 1.99. The second-order valence-electron chi connectivity index (χ2n) is 7.08. The number of urea groups is 1.